The molecule has 0 heterocycles. The fourth-order valence-electron chi connectivity index (χ4n) is 2.61. The third-order valence-corrected chi connectivity index (χ3v) is 3.90. The number of aliphatic hydroxyl groups is 1. The van der Waals surface area contributed by atoms with Gasteiger partial charge in [-0.25, -0.2) is 4.79 Å². The first kappa shape index (κ1) is 16.2. The van der Waals surface area contributed by atoms with Gasteiger partial charge in [-0.3, -0.25) is 10.1 Å². The normalized spacial score (nSPS) is 21.2. The van der Waals surface area contributed by atoms with Crippen molar-refractivity contribution in [3.05, 3.63) is 33.9 Å². The Labute approximate surface area is 128 Å². The molecule has 7 heteroatoms. The van der Waals surface area contributed by atoms with Crippen molar-refractivity contribution in [1.82, 2.24) is 0 Å². The molecular weight excluding hydrogens is 290 g/mol. The smallest absolute Gasteiger partial charge is 0.338 e. The van der Waals surface area contributed by atoms with Gasteiger partial charge in [0, 0.05) is 12.0 Å². The lowest BCUT2D eigenvalue weighted by Crippen LogP contribution is -2.29. The molecule has 1 aliphatic carbocycles. The van der Waals surface area contributed by atoms with Crippen molar-refractivity contribution in [3.8, 4) is 5.75 Å². The number of esters is 1. The lowest BCUT2D eigenvalue weighted by atomic mass is 9.87. The van der Waals surface area contributed by atoms with Crippen LogP contribution in [0, 0.1) is 16.0 Å². The van der Waals surface area contributed by atoms with E-state index in [2.05, 4.69) is 4.74 Å². The second-order valence-corrected chi connectivity index (χ2v) is 5.35. The van der Waals surface area contributed by atoms with Gasteiger partial charge in [0.2, 0.25) is 0 Å². The van der Waals surface area contributed by atoms with Crippen LogP contribution in [0.15, 0.2) is 18.2 Å². The van der Waals surface area contributed by atoms with E-state index in [0.29, 0.717) is 0 Å². The van der Waals surface area contributed by atoms with Crippen LogP contribution in [0.2, 0.25) is 0 Å². The number of hydrogen-bond donors (Lipinski definition) is 1. The summed E-state index contributed by atoms with van der Waals surface area (Å²) in [5.74, 6) is -0.568. The summed E-state index contributed by atoms with van der Waals surface area (Å²) in [6.07, 6.45) is 3.16. The Morgan fingerprint density at radius 2 is 2.14 bits per heavy atom. The maximum absolute atomic E-state index is 11.4. The minimum Gasteiger partial charge on any atom is -0.486 e. The Morgan fingerprint density at radius 3 is 2.77 bits per heavy atom. The third kappa shape index (κ3) is 3.73. The number of nitro groups is 1. The van der Waals surface area contributed by atoms with E-state index in [1.165, 1.54) is 19.2 Å². The molecule has 0 aromatic heterocycles. The minimum atomic E-state index is -0.641. The van der Waals surface area contributed by atoms with Gasteiger partial charge < -0.3 is 14.6 Å². The highest BCUT2D eigenvalue weighted by Crippen LogP contribution is 2.31. The van der Waals surface area contributed by atoms with Crippen LogP contribution in [0.5, 0.6) is 5.75 Å². The molecular formula is C15H19NO6. The van der Waals surface area contributed by atoms with Crippen LogP contribution in [0.4, 0.5) is 5.69 Å². The molecule has 1 aliphatic rings. The molecule has 0 amide bonds. The summed E-state index contributed by atoms with van der Waals surface area (Å²) in [4.78, 5) is 22.0. The first-order chi connectivity index (χ1) is 10.5. The topological polar surface area (TPSA) is 98.9 Å². The van der Waals surface area contributed by atoms with E-state index in [9.17, 15) is 20.0 Å². The highest BCUT2D eigenvalue weighted by atomic mass is 16.6. The molecule has 0 bridgehead atoms. The highest BCUT2D eigenvalue weighted by molar-refractivity contribution is 5.90. The molecule has 0 spiro atoms. The van der Waals surface area contributed by atoms with Gasteiger partial charge in [0.15, 0.2) is 5.75 Å². The third-order valence-electron chi connectivity index (χ3n) is 3.90. The monoisotopic (exact) mass is 309 g/mol. The van der Waals surface area contributed by atoms with E-state index in [-0.39, 0.29) is 29.5 Å². The van der Waals surface area contributed by atoms with Crippen molar-refractivity contribution in [2.24, 2.45) is 5.92 Å². The highest BCUT2D eigenvalue weighted by Gasteiger charge is 2.25. The van der Waals surface area contributed by atoms with Crippen LogP contribution in [0.1, 0.15) is 36.0 Å². The van der Waals surface area contributed by atoms with Crippen LogP contribution in [-0.4, -0.2) is 35.8 Å². The van der Waals surface area contributed by atoms with E-state index in [0.717, 1.165) is 31.7 Å². The molecule has 1 saturated carbocycles. The Balaban J connectivity index is 2.12. The minimum absolute atomic E-state index is 0.0198. The summed E-state index contributed by atoms with van der Waals surface area (Å²) in [5.41, 5.74) is -0.188. The van der Waals surface area contributed by atoms with Crippen molar-refractivity contribution < 1.29 is 24.3 Å². The lowest BCUT2D eigenvalue weighted by Gasteiger charge is -2.27. The Kier molecular flexibility index (Phi) is 5.32. The Morgan fingerprint density at radius 1 is 1.41 bits per heavy atom. The molecule has 1 aromatic rings. The number of aliphatic hydroxyl groups excluding tert-OH is 1. The van der Waals surface area contributed by atoms with E-state index in [1.54, 1.807) is 0 Å². The number of benzene rings is 1. The number of hydrogen-bond acceptors (Lipinski definition) is 6. The van der Waals surface area contributed by atoms with Gasteiger partial charge in [0.25, 0.3) is 0 Å². The van der Waals surface area contributed by atoms with Crippen LogP contribution >= 0.6 is 0 Å². The predicted octanol–water partition coefficient (Wildman–Crippen LogP) is 2.31. The number of methoxy groups -OCH3 is 1. The fourth-order valence-corrected chi connectivity index (χ4v) is 2.61. The van der Waals surface area contributed by atoms with E-state index in [1.807, 2.05) is 0 Å². The summed E-state index contributed by atoms with van der Waals surface area (Å²) in [5, 5.41) is 21.0. The zero-order valence-electron chi connectivity index (χ0n) is 12.4. The second kappa shape index (κ2) is 7.22. The van der Waals surface area contributed by atoms with Gasteiger partial charge in [0.1, 0.15) is 0 Å². The average Bonchev–Trinajstić information content (AvgIpc) is 2.53. The number of nitrogens with zero attached hydrogens (tertiary/aromatic N) is 1. The predicted molar refractivity (Wildman–Crippen MR) is 77.9 cm³/mol. The van der Waals surface area contributed by atoms with Crippen molar-refractivity contribution in [1.29, 1.82) is 0 Å². The molecule has 0 saturated heterocycles. The van der Waals surface area contributed by atoms with E-state index < -0.39 is 17.0 Å². The fraction of sp³-hybridized carbons (Fsp3) is 0.533. The summed E-state index contributed by atoms with van der Waals surface area (Å²) in [6, 6.07) is 3.95. The van der Waals surface area contributed by atoms with Gasteiger partial charge in [0.05, 0.1) is 30.3 Å². The first-order valence-electron chi connectivity index (χ1n) is 7.20. The zero-order chi connectivity index (χ0) is 16.1. The van der Waals surface area contributed by atoms with Crippen molar-refractivity contribution in [2.75, 3.05) is 13.7 Å². The summed E-state index contributed by atoms with van der Waals surface area (Å²) >= 11 is 0. The SMILES string of the molecule is COC(=O)c1ccc(OC[C@H]2CCCC[C@@H]2O)c([N+](=O)[O-])c1. The zero-order valence-corrected chi connectivity index (χ0v) is 12.4. The molecule has 0 radical (unpaired) electrons. The van der Waals surface area contributed by atoms with Gasteiger partial charge >= 0.3 is 11.7 Å². The number of rotatable bonds is 5. The molecule has 7 nitrogen and oxygen atoms in total. The van der Waals surface area contributed by atoms with Crippen molar-refractivity contribution in [2.45, 2.75) is 31.8 Å². The molecule has 0 unspecified atom stereocenters. The maximum Gasteiger partial charge on any atom is 0.338 e. The van der Waals surface area contributed by atoms with Crippen molar-refractivity contribution >= 4 is 11.7 Å². The van der Waals surface area contributed by atoms with Crippen molar-refractivity contribution in [3.63, 3.8) is 0 Å². The molecule has 1 fully saturated rings. The maximum atomic E-state index is 11.4. The Bertz CT molecular complexity index is 559. The average molecular weight is 309 g/mol. The molecule has 22 heavy (non-hydrogen) atoms. The molecule has 120 valence electrons. The van der Waals surface area contributed by atoms with Crippen LogP contribution in [0.3, 0.4) is 0 Å². The van der Waals surface area contributed by atoms with Gasteiger partial charge in [-0.05, 0) is 25.0 Å². The van der Waals surface area contributed by atoms with Crippen LogP contribution in [0.25, 0.3) is 0 Å². The van der Waals surface area contributed by atoms with E-state index in [4.69, 9.17) is 4.74 Å². The first-order valence-corrected chi connectivity index (χ1v) is 7.20. The molecule has 2 atom stereocenters. The molecule has 0 aliphatic heterocycles. The van der Waals surface area contributed by atoms with Gasteiger partial charge in [-0.2, -0.15) is 0 Å². The summed E-state index contributed by atoms with van der Waals surface area (Å²) < 4.78 is 10.1. The molecule has 1 N–H and O–H groups in total. The second-order valence-electron chi connectivity index (χ2n) is 5.35. The van der Waals surface area contributed by atoms with Crippen LogP contribution in [-0.2, 0) is 4.74 Å². The van der Waals surface area contributed by atoms with Crippen LogP contribution < -0.4 is 4.74 Å². The standard InChI is InChI=1S/C15H19NO6/c1-21-15(18)10-6-7-14(12(8-10)16(19)20)22-9-11-4-2-3-5-13(11)17/h6-8,11,13,17H,2-5,9H2,1H3/t11-,13+/m1/s1. The van der Waals surface area contributed by atoms with Gasteiger partial charge in [-0.1, -0.05) is 12.8 Å². The quantitative estimate of drug-likeness (QED) is 0.509. The summed E-state index contributed by atoms with van der Waals surface area (Å²) in [7, 11) is 1.21. The largest absolute Gasteiger partial charge is 0.486 e. The number of ether oxygens (including phenoxy) is 2. The number of nitro benzene ring substituents is 1. The molecule has 1 aromatic carbocycles. The lowest BCUT2D eigenvalue weighted by molar-refractivity contribution is -0.386. The van der Waals surface area contributed by atoms with E-state index >= 15 is 0 Å². The summed E-state index contributed by atoms with van der Waals surface area (Å²) in [6.45, 7) is 0.222. The number of carbonyl (C=O) groups excluding carboxylic acids is 1. The number of carbonyl (C=O) groups is 1. The van der Waals surface area contributed by atoms with Gasteiger partial charge in [-0.15, -0.1) is 0 Å². The Hall–Kier alpha value is -2.15. The molecule has 2 rings (SSSR count).